The number of benzene rings is 2. The molecule has 0 aliphatic rings. The molecule has 0 fully saturated rings. The Hall–Kier alpha value is -3.31. The molecule has 11 heteroatoms. The first-order chi connectivity index (χ1) is 14.4. The van der Waals surface area contributed by atoms with Gasteiger partial charge in [0.25, 0.3) is 16.0 Å². The summed E-state index contributed by atoms with van der Waals surface area (Å²) in [4.78, 5) is 4.77. The molecule has 0 amide bonds. The maximum atomic E-state index is 12.9. The molecule has 0 unspecified atom stereocenters. The van der Waals surface area contributed by atoms with Crippen LogP contribution in [0.4, 0.5) is 5.95 Å². The van der Waals surface area contributed by atoms with Gasteiger partial charge in [-0.15, -0.1) is 16.4 Å². The fraction of sp³-hybridized carbons (Fsp3) is 0.158. The predicted octanol–water partition coefficient (Wildman–Crippen LogP) is 3.28. The molecule has 9 nitrogen and oxygen atoms in total. The van der Waals surface area contributed by atoms with E-state index >= 15 is 0 Å². The Balaban J connectivity index is 1.68. The number of hydrogen-bond donors (Lipinski definition) is 1. The second-order valence-corrected chi connectivity index (χ2v) is 8.59. The molecule has 2 aromatic carbocycles. The Morgan fingerprint density at radius 1 is 0.967 bits per heavy atom. The fourth-order valence-electron chi connectivity index (χ4n) is 2.85. The molecular weight excluding hydrogens is 428 g/mol. The number of sulfonamides is 1. The number of thiazole rings is 1. The predicted molar refractivity (Wildman–Crippen MR) is 113 cm³/mol. The van der Waals surface area contributed by atoms with Crippen LogP contribution in [0.3, 0.4) is 0 Å². The summed E-state index contributed by atoms with van der Waals surface area (Å²) in [6.45, 7) is 0. The van der Waals surface area contributed by atoms with E-state index in [1.165, 1.54) is 37.7 Å². The lowest BCUT2D eigenvalue weighted by Crippen LogP contribution is -2.15. The Morgan fingerprint density at radius 2 is 1.67 bits per heavy atom. The molecule has 4 rings (SSSR count). The van der Waals surface area contributed by atoms with Crippen molar-refractivity contribution in [3.63, 3.8) is 0 Å². The summed E-state index contributed by atoms with van der Waals surface area (Å²) in [6, 6.07) is 12.0. The minimum Gasteiger partial charge on any atom is -0.497 e. The Kier molecular flexibility index (Phi) is 5.22. The molecule has 0 radical (unpaired) electrons. The topological polar surface area (TPSA) is 104 Å². The summed E-state index contributed by atoms with van der Waals surface area (Å²) in [5.74, 6) is 1.27. The fourth-order valence-corrected chi connectivity index (χ4v) is 4.81. The Labute approximate surface area is 176 Å². The van der Waals surface area contributed by atoms with Crippen LogP contribution in [0.15, 0.2) is 52.7 Å². The van der Waals surface area contributed by atoms with Gasteiger partial charge in [0.15, 0.2) is 0 Å². The second-order valence-electron chi connectivity index (χ2n) is 6.10. The lowest BCUT2D eigenvalue weighted by molar-refractivity contribution is 0.392. The lowest BCUT2D eigenvalue weighted by Gasteiger charge is -2.11. The number of nitrogens with zero attached hydrogens (tertiary/aromatic N) is 3. The van der Waals surface area contributed by atoms with E-state index in [0.717, 1.165) is 17.0 Å². The van der Waals surface area contributed by atoms with Gasteiger partial charge in [-0.2, -0.15) is 4.98 Å². The molecule has 0 aliphatic heterocycles. The van der Waals surface area contributed by atoms with Gasteiger partial charge < -0.3 is 14.2 Å². The van der Waals surface area contributed by atoms with E-state index in [-0.39, 0.29) is 16.6 Å². The van der Waals surface area contributed by atoms with Crippen molar-refractivity contribution in [2.75, 3.05) is 26.1 Å². The Morgan fingerprint density at radius 3 is 2.33 bits per heavy atom. The third kappa shape index (κ3) is 3.64. The van der Waals surface area contributed by atoms with Crippen molar-refractivity contribution in [1.29, 1.82) is 0 Å². The minimum absolute atomic E-state index is 0.0403. The third-order valence-corrected chi connectivity index (χ3v) is 6.52. The number of anilines is 1. The van der Waals surface area contributed by atoms with Gasteiger partial charge in [0.05, 0.1) is 27.0 Å². The summed E-state index contributed by atoms with van der Waals surface area (Å²) in [7, 11) is 0.448. The molecule has 2 heterocycles. The van der Waals surface area contributed by atoms with Crippen molar-refractivity contribution >= 4 is 32.3 Å². The molecule has 2 aromatic heterocycles. The molecular formula is C19H18N4O5S2. The highest BCUT2D eigenvalue weighted by Gasteiger charge is 2.23. The summed E-state index contributed by atoms with van der Waals surface area (Å²) in [6.07, 6.45) is 0. The standard InChI is InChI=1S/C19H18N4O5S2/c1-26-13-6-4-12(5-7-13)15-11-29-19-20-18(21-23(15)19)22-30(24,25)17-10-14(27-2)8-9-16(17)28-3/h4-11H,1-3H3,(H,21,22). The second kappa shape index (κ2) is 7.84. The van der Waals surface area contributed by atoms with E-state index < -0.39 is 10.0 Å². The number of hydrogen-bond acceptors (Lipinski definition) is 8. The molecule has 156 valence electrons. The van der Waals surface area contributed by atoms with E-state index in [1.54, 1.807) is 17.7 Å². The first-order valence-electron chi connectivity index (χ1n) is 8.68. The van der Waals surface area contributed by atoms with Crippen molar-refractivity contribution in [2.45, 2.75) is 4.90 Å². The van der Waals surface area contributed by atoms with Crippen molar-refractivity contribution in [1.82, 2.24) is 14.6 Å². The molecule has 30 heavy (non-hydrogen) atoms. The lowest BCUT2D eigenvalue weighted by atomic mass is 10.2. The first kappa shape index (κ1) is 20.0. The van der Waals surface area contributed by atoms with Crippen molar-refractivity contribution in [3.05, 3.63) is 47.8 Å². The molecule has 4 aromatic rings. The van der Waals surface area contributed by atoms with Crippen LogP contribution >= 0.6 is 11.3 Å². The van der Waals surface area contributed by atoms with Gasteiger partial charge in [0.2, 0.25) is 4.96 Å². The van der Waals surface area contributed by atoms with Gasteiger partial charge >= 0.3 is 0 Å². The quantitative estimate of drug-likeness (QED) is 0.464. The number of rotatable bonds is 7. The molecule has 0 aliphatic carbocycles. The zero-order chi connectivity index (χ0) is 21.3. The summed E-state index contributed by atoms with van der Waals surface area (Å²) >= 11 is 1.35. The van der Waals surface area contributed by atoms with Crippen molar-refractivity contribution in [3.8, 4) is 28.5 Å². The normalized spacial score (nSPS) is 11.4. The average molecular weight is 447 g/mol. The monoisotopic (exact) mass is 446 g/mol. The van der Waals surface area contributed by atoms with E-state index in [4.69, 9.17) is 14.2 Å². The Bertz CT molecular complexity index is 1300. The minimum atomic E-state index is -4.01. The first-order valence-corrected chi connectivity index (χ1v) is 11.0. The molecule has 0 bridgehead atoms. The summed E-state index contributed by atoms with van der Waals surface area (Å²) in [5.41, 5.74) is 1.69. The van der Waals surface area contributed by atoms with Crippen LogP contribution in [-0.2, 0) is 10.0 Å². The van der Waals surface area contributed by atoms with E-state index in [2.05, 4.69) is 14.8 Å². The van der Waals surface area contributed by atoms with E-state index in [0.29, 0.717) is 10.7 Å². The van der Waals surface area contributed by atoms with Crippen molar-refractivity contribution in [2.24, 2.45) is 0 Å². The zero-order valence-electron chi connectivity index (χ0n) is 16.3. The maximum Gasteiger partial charge on any atom is 0.268 e. The average Bonchev–Trinajstić information content (AvgIpc) is 3.33. The molecule has 0 saturated carbocycles. The highest BCUT2D eigenvalue weighted by Crippen LogP contribution is 2.31. The van der Waals surface area contributed by atoms with Gasteiger partial charge in [0, 0.05) is 17.0 Å². The van der Waals surface area contributed by atoms with E-state index in [9.17, 15) is 8.42 Å². The van der Waals surface area contributed by atoms with Crippen LogP contribution in [0.25, 0.3) is 16.2 Å². The van der Waals surface area contributed by atoms with Gasteiger partial charge in [0.1, 0.15) is 22.1 Å². The number of aromatic nitrogens is 3. The van der Waals surface area contributed by atoms with Gasteiger partial charge in [-0.25, -0.2) is 17.7 Å². The summed E-state index contributed by atoms with van der Waals surface area (Å²) < 4.78 is 45.3. The van der Waals surface area contributed by atoms with E-state index in [1.807, 2.05) is 29.6 Å². The number of methoxy groups -OCH3 is 3. The molecule has 0 atom stereocenters. The number of fused-ring (bicyclic) bond motifs is 1. The highest BCUT2D eigenvalue weighted by atomic mass is 32.2. The largest absolute Gasteiger partial charge is 0.497 e. The van der Waals surface area contributed by atoms with Crippen LogP contribution < -0.4 is 18.9 Å². The maximum absolute atomic E-state index is 12.9. The van der Waals surface area contributed by atoms with Crippen LogP contribution in [0, 0.1) is 0 Å². The highest BCUT2D eigenvalue weighted by molar-refractivity contribution is 7.92. The molecule has 0 spiro atoms. The molecule has 1 N–H and O–H groups in total. The van der Waals surface area contributed by atoms with Gasteiger partial charge in [-0.05, 0) is 36.4 Å². The smallest absolute Gasteiger partial charge is 0.268 e. The number of nitrogens with one attached hydrogen (secondary N) is 1. The van der Waals surface area contributed by atoms with Gasteiger partial charge in [-0.3, -0.25) is 0 Å². The van der Waals surface area contributed by atoms with Crippen LogP contribution in [0.5, 0.6) is 17.2 Å². The molecule has 0 saturated heterocycles. The van der Waals surface area contributed by atoms with Crippen LogP contribution in [0.1, 0.15) is 0 Å². The third-order valence-electron chi connectivity index (χ3n) is 4.35. The van der Waals surface area contributed by atoms with Crippen molar-refractivity contribution < 1.29 is 22.6 Å². The van der Waals surface area contributed by atoms with Crippen LogP contribution in [-0.4, -0.2) is 44.3 Å². The van der Waals surface area contributed by atoms with Crippen LogP contribution in [0.2, 0.25) is 0 Å². The number of ether oxygens (including phenoxy) is 3. The zero-order valence-corrected chi connectivity index (χ0v) is 18.0. The summed E-state index contributed by atoms with van der Waals surface area (Å²) in [5, 5.41) is 6.23. The van der Waals surface area contributed by atoms with Gasteiger partial charge in [-0.1, -0.05) is 0 Å². The SMILES string of the molecule is COc1ccc(-c2csc3nc(NS(=O)(=O)c4cc(OC)ccc4OC)nn23)cc1.